The summed E-state index contributed by atoms with van der Waals surface area (Å²) >= 11 is 3.20. The van der Waals surface area contributed by atoms with Crippen molar-refractivity contribution in [2.24, 2.45) is 0 Å². The summed E-state index contributed by atoms with van der Waals surface area (Å²) in [5.74, 6) is 0.159. The highest BCUT2D eigenvalue weighted by molar-refractivity contribution is 9.10. The van der Waals surface area contributed by atoms with Crippen LogP contribution >= 0.6 is 15.9 Å². The number of aryl methyl sites for hydroxylation is 1. The maximum Gasteiger partial charge on any atom is 0.255 e. The number of carbonyl (C=O) groups excluding carboxylic acids is 1. The maximum atomic E-state index is 13.5. The van der Waals surface area contributed by atoms with Crippen LogP contribution in [0.2, 0.25) is 0 Å². The Bertz CT molecular complexity index is 945. The number of imidazole rings is 1. The van der Waals surface area contributed by atoms with Crippen LogP contribution in [0, 0.1) is 5.82 Å². The highest BCUT2D eigenvalue weighted by Crippen LogP contribution is 2.26. The van der Waals surface area contributed by atoms with E-state index in [4.69, 9.17) is 0 Å². The molecule has 0 radical (unpaired) electrons. The van der Waals surface area contributed by atoms with Crippen molar-refractivity contribution in [1.82, 2.24) is 9.55 Å². The zero-order valence-electron chi connectivity index (χ0n) is 14.0. The molecule has 0 unspecified atom stereocenters. The second-order valence-electron chi connectivity index (χ2n) is 6.37. The lowest BCUT2D eigenvalue weighted by atomic mass is 10.1. The topological polar surface area (TPSA) is 46.9 Å². The van der Waals surface area contributed by atoms with Crippen molar-refractivity contribution in [2.45, 2.75) is 25.8 Å². The summed E-state index contributed by atoms with van der Waals surface area (Å²) in [5.41, 5.74) is 3.22. The monoisotopic (exact) mass is 413 g/mol. The van der Waals surface area contributed by atoms with Gasteiger partial charge >= 0.3 is 0 Å². The molecule has 4 rings (SSSR count). The number of anilines is 1. The number of nitrogens with one attached hydrogen (secondary N) is 1. The second kappa shape index (κ2) is 7.03. The van der Waals surface area contributed by atoms with Crippen LogP contribution in [0.5, 0.6) is 0 Å². The van der Waals surface area contributed by atoms with E-state index >= 15 is 0 Å². The molecule has 1 N–H and O–H groups in total. The van der Waals surface area contributed by atoms with Gasteiger partial charge in [0.05, 0.1) is 0 Å². The number of hydrogen-bond donors (Lipinski definition) is 1. The Morgan fingerprint density at radius 2 is 1.96 bits per heavy atom. The van der Waals surface area contributed by atoms with Crippen LogP contribution in [-0.2, 0) is 13.0 Å². The van der Waals surface area contributed by atoms with E-state index in [-0.39, 0.29) is 11.5 Å². The molecule has 0 spiro atoms. The molecule has 0 saturated carbocycles. The first-order chi connectivity index (χ1) is 12.6. The number of carbonyl (C=O) groups is 1. The fraction of sp³-hybridized carbons (Fsp3) is 0.200. The molecule has 0 saturated heterocycles. The van der Waals surface area contributed by atoms with Gasteiger partial charge in [0.15, 0.2) is 0 Å². The summed E-state index contributed by atoms with van der Waals surface area (Å²) < 4.78 is 16.3. The number of amides is 1. The molecule has 1 aliphatic heterocycles. The molecular weight excluding hydrogens is 397 g/mol. The summed E-state index contributed by atoms with van der Waals surface area (Å²) in [6.07, 6.45) is 5.41. The van der Waals surface area contributed by atoms with Crippen LogP contribution in [-0.4, -0.2) is 15.5 Å². The number of hydrogen-bond acceptors (Lipinski definition) is 2. The number of nitrogens with zero attached hydrogens (tertiary/aromatic N) is 2. The molecule has 6 heteroatoms. The summed E-state index contributed by atoms with van der Waals surface area (Å²) in [6.45, 7) is 0.998. The number of aromatic nitrogens is 2. The molecular formula is C20H17BrFN3O. The number of rotatable bonds is 3. The number of fused-ring (bicyclic) bond motifs is 1. The molecule has 1 aliphatic rings. The highest BCUT2D eigenvalue weighted by atomic mass is 79.9. The van der Waals surface area contributed by atoms with Crippen molar-refractivity contribution >= 4 is 27.5 Å². The molecule has 0 bridgehead atoms. The Balaban J connectivity index is 1.53. The Hall–Kier alpha value is -2.47. The minimum Gasteiger partial charge on any atom is -0.328 e. The minimum atomic E-state index is -0.455. The van der Waals surface area contributed by atoms with Crippen molar-refractivity contribution < 1.29 is 9.18 Å². The van der Waals surface area contributed by atoms with Gasteiger partial charge in [-0.2, -0.15) is 0 Å². The number of halogens is 2. The molecule has 2 aromatic carbocycles. The van der Waals surface area contributed by atoms with Crippen molar-refractivity contribution in [1.29, 1.82) is 0 Å². The van der Waals surface area contributed by atoms with Gasteiger partial charge in [0, 0.05) is 39.7 Å². The van der Waals surface area contributed by atoms with E-state index in [0.29, 0.717) is 10.2 Å². The van der Waals surface area contributed by atoms with E-state index in [1.54, 1.807) is 6.07 Å². The smallest absolute Gasteiger partial charge is 0.255 e. The Kier molecular flexibility index (Phi) is 4.59. The molecule has 1 amide bonds. The second-order valence-corrected chi connectivity index (χ2v) is 7.29. The van der Waals surface area contributed by atoms with Gasteiger partial charge in [0.1, 0.15) is 11.6 Å². The molecule has 26 heavy (non-hydrogen) atoms. The van der Waals surface area contributed by atoms with Gasteiger partial charge in [0.25, 0.3) is 5.91 Å². The standard InChI is InChI=1S/C20H17BrFN3O/c21-15-9-14(10-16(22)11-15)20(26)24-17-6-4-13(5-7-17)19-23-12-18-3-1-2-8-25(18)19/h4-7,9-12H,1-3,8H2,(H,24,26). The first-order valence-corrected chi connectivity index (χ1v) is 9.32. The zero-order chi connectivity index (χ0) is 18.1. The Morgan fingerprint density at radius 1 is 1.15 bits per heavy atom. The van der Waals surface area contributed by atoms with E-state index in [1.807, 2.05) is 30.5 Å². The highest BCUT2D eigenvalue weighted by Gasteiger charge is 2.15. The maximum absolute atomic E-state index is 13.5. The van der Waals surface area contributed by atoms with Crippen LogP contribution in [0.15, 0.2) is 53.1 Å². The predicted molar refractivity (Wildman–Crippen MR) is 103 cm³/mol. The first-order valence-electron chi connectivity index (χ1n) is 8.52. The predicted octanol–water partition coefficient (Wildman–Crippen LogP) is 5.04. The average molecular weight is 414 g/mol. The van der Waals surface area contributed by atoms with Gasteiger partial charge in [-0.25, -0.2) is 9.37 Å². The van der Waals surface area contributed by atoms with Crippen LogP contribution in [0.1, 0.15) is 28.9 Å². The third-order valence-corrected chi connectivity index (χ3v) is 4.99. The summed E-state index contributed by atoms with van der Waals surface area (Å²) in [7, 11) is 0. The molecule has 132 valence electrons. The summed E-state index contributed by atoms with van der Waals surface area (Å²) in [6, 6.07) is 11.7. The summed E-state index contributed by atoms with van der Waals surface area (Å²) in [5, 5.41) is 2.79. The van der Waals surface area contributed by atoms with Gasteiger partial charge in [-0.15, -0.1) is 0 Å². The number of benzene rings is 2. The fourth-order valence-corrected chi connectivity index (χ4v) is 3.72. The van der Waals surface area contributed by atoms with Gasteiger partial charge in [-0.3, -0.25) is 4.79 Å². The van der Waals surface area contributed by atoms with Gasteiger partial charge in [-0.05, 0) is 61.7 Å². The van der Waals surface area contributed by atoms with Crippen LogP contribution < -0.4 is 5.32 Å². The molecule has 0 aliphatic carbocycles. The lowest BCUT2D eigenvalue weighted by Crippen LogP contribution is -2.12. The van der Waals surface area contributed by atoms with Gasteiger partial charge in [0.2, 0.25) is 0 Å². The average Bonchev–Trinajstić information content (AvgIpc) is 3.06. The van der Waals surface area contributed by atoms with Crippen molar-refractivity contribution in [3.63, 3.8) is 0 Å². The van der Waals surface area contributed by atoms with Crippen LogP contribution in [0.25, 0.3) is 11.4 Å². The third kappa shape index (κ3) is 3.42. The largest absolute Gasteiger partial charge is 0.328 e. The van der Waals surface area contributed by atoms with Crippen LogP contribution in [0.3, 0.4) is 0 Å². The lowest BCUT2D eigenvalue weighted by Gasteiger charge is -2.16. The van der Waals surface area contributed by atoms with E-state index in [9.17, 15) is 9.18 Å². The molecule has 0 fully saturated rings. The lowest BCUT2D eigenvalue weighted by molar-refractivity contribution is 0.102. The van der Waals surface area contributed by atoms with E-state index in [2.05, 4.69) is 30.8 Å². The molecule has 3 aromatic rings. The van der Waals surface area contributed by atoms with E-state index in [1.165, 1.54) is 30.7 Å². The van der Waals surface area contributed by atoms with Gasteiger partial charge < -0.3 is 9.88 Å². The first kappa shape index (κ1) is 17.0. The quantitative estimate of drug-likeness (QED) is 0.653. The van der Waals surface area contributed by atoms with E-state index in [0.717, 1.165) is 24.4 Å². The third-order valence-electron chi connectivity index (χ3n) is 4.53. The van der Waals surface area contributed by atoms with E-state index < -0.39 is 5.82 Å². The molecule has 2 heterocycles. The summed E-state index contributed by atoms with van der Waals surface area (Å²) in [4.78, 5) is 16.9. The van der Waals surface area contributed by atoms with Gasteiger partial charge in [-0.1, -0.05) is 15.9 Å². The van der Waals surface area contributed by atoms with Crippen molar-refractivity contribution in [3.05, 3.63) is 70.2 Å². The molecule has 1 aromatic heterocycles. The molecule has 4 nitrogen and oxygen atoms in total. The fourth-order valence-electron chi connectivity index (χ4n) is 3.26. The van der Waals surface area contributed by atoms with Crippen molar-refractivity contribution in [3.8, 4) is 11.4 Å². The molecule has 0 atom stereocenters. The Morgan fingerprint density at radius 3 is 2.73 bits per heavy atom. The van der Waals surface area contributed by atoms with Crippen LogP contribution in [0.4, 0.5) is 10.1 Å². The normalized spacial score (nSPS) is 13.3. The minimum absolute atomic E-state index is 0.267. The zero-order valence-corrected chi connectivity index (χ0v) is 15.6. The SMILES string of the molecule is O=C(Nc1ccc(-c2ncc3n2CCCC3)cc1)c1cc(F)cc(Br)c1. The Labute approximate surface area is 159 Å². The van der Waals surface area contributed by atoms with Crippen molar-refractivity contribution in [2.75, 3.05) is 5.32 Å².